The first kappa shape index (κ1) is 10.6. The van der Waals surface area contributed by atoms with Gasteiger partial charge in [-0.05, 0) is 36.8 Å². The van der Waals surface area contributed by atoms with Gasteiger partial charge in [0.05, 0.1) is 0 Å². The van der Waals surface area contributed by atoms with E-state index in [2.05, 4.69) is 24.4 Å². The molecular formula is C14H15NO. The summed E-state index contributed by atoms with van der Waals surface area (Å²) in [6.07, 6.45) is 0. The molecule has 0 saturated carbocycles. The minimum atomic E-state index is 0.480. The Morgan fingerprint density at radius 1 is 1.00 bits per heavy atom. The Morgan fingerprint density at radius 3 is 2.56 bits per heavy atom. The summed E-state index contributed by atoms with van der Waals surface area (Å²) < 4.78 is 5.54. The van der Waals surface area contributed by atoms with Gasteiger partial charge in [-0.15, -0.1) is 0 Å². The van der Waals surface area contributed by atoms with Crippen molar-refractivity contribution in [1.82, 2.24) is 0 Å². The van der Waals surface area contributed by atoms with Crippen LogP contribution < -0.4 is 10.1 Å². The van der Waals surface area contributed by atoms with Crippen LogP contribution in [0.1, 0.15) is 5.56 Å². The fourth-order valence-electron chi connectivity index (χ4n) is 1.47. The molecule has 0 radical (unpaired) electrons. The van der Waals surface area contributed by atoms with E-state index in [4.69, 9.17) is 4.74 Å². The first-order chi connectivity index (χ1) is 7.84. The number of anilines is 1. The summed E-state index contributed by atoms with van der Waals surface area (Å²) in [6, 6.07) is 18.0. The highest BCUT2D eigenvalue weighted by atomic mass is 16.5. The fourth-order valence-corrected chi connectivity index (χ4v) is 1.47. The van der Waals surface area contributed by atoms with E-state index in [9.17, 15) is 0 Å². The van der Waals surface area contributed by atoms with E-state index in [-0.39, 0.29) is 0 Å². The minimum absolute atomic E-state index is 0.480. The predicted molar refractivity (Wildman–Crippen MR) is 66.7 cm³/mol. The van der Waals surface area contributed by atoms with Gasteiger partial charge in [0, 0.05) is 5.69 Å². The van der Waals surface area contributed by atoms with Crippen molar-refractivity contribution in [2.75, 3.05) is 12.0 Å². The summed E-state index contributed by atoms with van der Waals surface area (Å²) in [6.45, 7) is 2.55. The molecule has 0 saturated heterocycles. The lowest BCUT2D eigenvalue weighted by atomic mass is 10.2. The summed E-state index contributed by atoms with van der Waals surface area (Å²) in [5, 5.41) is 3.21. The first-order valence-corrected chi connectivity index (χ1v) is 5.33. The minimum Gasteiger partial charge on any atom is -0.473 e. The van der Waals surface area contributed by atoms with Crippen molar-refractivity contribution in [3.05, 3.63) is 60.2 Å². The van der Waals surface area contributed by atoms with Crippen molar-refractivity contribution in [1.29, 1.82) is 0 Å². The average molecular weight is 213 g/mol. The number of benzene rings is 2. The number of para-hydroxylation sites is 1. The summed E-state index contributed by atoms with van der Waals surface area (Å²) in [7, 11) is 0. The van der Waals surface area contributed by atoms with Crippen LogP contribution in [0.5, 0.6) is 5.75 Å². The Bertz CT molecular complexity index is 439. The van der Waals surface area contributed by atoms with Gasteiger partial charge in [-0.25, -0.2) is 0 Å². The molecule has 0 heterocycles. The van der Waals surface area contributed by atoms with Crippen LogP contribution in [0.3, 0.4) is 0 Å². The second-order valence-electron chi connectivity index (χ2n) is 3.65. The van der Waals surface area contributed by atoms with Gasteiger partial charge in [0.2, 0.25) is 0 Å². The molecule has 0 aliphatic heterocycles. The Morgan fingerprint density at radius 2 is 1.81 bits per heavy atom. The Kier molecular flexibility index (Phi) is 3.44. The van der Waals surface area contributed by atoms with E-state index in [1.54, 1.807) is 0 Å². The number of rotatable bonds is 4. The van der Waals surface area contributed by atoms with Gasteiger partial charge in [-0.1, -0.05) is 30.3 Å². The maximum absolute atomic E-state index is 5.54. The Hall–Kier alpha value is -1.96. The van der Waals surface area contributed by atoms with Crippen molar-refractivity contribution in [3.8, 4) is 5.75 Å². The molecule has 2 aromatic carbocycles. The van der Waals surface area contributed by atoms with Crippen LogP contribution in [-0.4, -0.2) is 6.73 Å². The van der Waals surface area contributed by atoms with E-state index in [1.807, 2.05) is 42.5 Å². The van der Waals surface area contributed by atoms with Gasteiger partial charge in [-0.2, -0.15) is 0 Å². The van der Waals surface area contributed by atoms with E-state index in [0.29, 0.717) is 6.73 Å². The van der Waals surface area contributed by atoms with Gasteiger partial charge in [0.1, 0.15) is 5.75 Å². The zero-order chi connectivity index (χ0) is 11.2. The van der Waals surface area contributed by atoms with Crippen molar-refractivity contribution >= 4 is 5.69 Å². The number of hydrogen-bond acceptors (Lipinski definition) is 2. The molecule has 0 amide bonds. The molecule has 0 atom stereocenters. The summed E-state index contributed by atoms with van der Waals surface area (Å²) >= 11 is 0. The number of nitrogens with one attached hydrogen (secondary N) is 1. The number of ether oxygens (including phenoxy) is 1. The maximum atomic E-state index is 5.54. The second-order valence-corrected chi connectivity index (χ2v) is 3.65. The van der Waals surface area contributed by atoms with Gasteiger partial charge >= 0.3 is 0 Å². The van der Waals surface area contributed by atoms with E-state index in [1.165, 1.54) is 5.56 Å². The second kappa shape index (κ2) is 5.21. The van der Waals surface area contributed by atoms with Crippen LogP contribution in [0.15, 0.2) is 54.6 Å². The summed E-state index contributed by atoms with van der Waals surface area (Å²) in [5.74, 6) is 0.877. The number of hydrogen-bond donors (Lipinski definition) is 1. The van der Waals surface area contributed by atoms with Gasteiger partial charge < -0.3 is 10.1 Å². The first-order valence-electron chi connectivity index (χ1n) is 5.33. The molecular weight excluding hydrogens is 198 g/mol. The third-order valence-corrected chi connectivity index (χ3v) is 2.28. The standard InChI is InChI=1S/C14H15NO/c1-12-6-5-7-13(10-12)15-11-16-14-8-3-2-4-9-14/h2-10,15H,11H2,1H3. The van der Waals surface area contributed by atoms with Crippen molar-refractivity contribution < 1.29 is 4.74 Å². The lowest BCUT2D eigenvalue weighted by molar-refractivity contribution is 0.347. The molecule has 0 aliphatic carbocycles. The monoisotopic (exact) mass is 213 g/mol. The molecule has 0 bridgehead atoms. The van der Waals surface area contributed by atoms with Crippen LogP contribution in [0.4, 0.5) is 5.69 Å². The smallest absolute Gasteiger partial charge is 0.159 e. The lowest BCUT2D eigenvalue weighted by Gasteiger charge is -2.09. The van der Waals surface area contributed by atoms with E-state index >= 15 is 0 Å². The third-order valence-electron chi connectivity index (χ3n) is 2.28. The largest absolute Gasteiger partial charge is 0.473 e. The van der Waals surface area contributed by atoms with E-state index < -0.39 is 0 Å². The molecule has 2 nitrogen and oxygen atoms in total. The maximum Gasteiger partial charge on any atom is 0.159 e. The van der Waals surface area contributed by atoms with Crippen LogP contribution >= 0.6 is 0 Å². The lowest BCUT2D eigenvalue weighted by Crippen LogP contribution is -2.08. The van der Waals surface area contributed by atoms with Crippen LogP contribution in [0.2, 0.25) is 0 Å². The molecule has 1 N–H and O–H groups in total. The molecule has 16 heavy (non-hydrogen) atoms. The van der Waals surface area contributed by atoms with Gasteiger partial charge in [0.25, 0.3) is 0 Å². The van der Waals surface area contributed by atoms with Crippen LogP contribution in [0.25, 0.3) is 0 Å². The summed E-state index contributed by atoms with van der Waals surface area (Å²) in [4.78, 5) is 0. The van der Waals surface area contributed by atoms with Crippen LogP contribution in [-0.2, 0) is 0 Å². The van der Waals surface area contributed by atoms with Crippen molar-refractivity contribution in [2.45, 2.75) is 6.92 Å². The highest BCUT2D eigenvalue weighted by molar-refractivity contribution is 5.45. The molecule has 0 unspecified atom stereocenters. The van der Waals surface area contributed by atoms with E-state index in [0.717, 1.165) is 11.4 Å². The van der Waals surface area contributed by atoms with Gasteiger partial charge in [0.15, 0.2) is 6.73 Å². The highest BCUT2D eigenvalue weighted by Crippen LogP contribution is 2.11. The quantitative estimate of drug-likeness (QED) is 0.785. The highest BCUT2D eigenvalue weighted by Gasteiger charge is 1.93. The molecule has 0 aliphatic rings. The number of aryl methyl sites for hydroxylation is 1. The molecule has 2 rings (SSSR count). The topological polar surface area (TPSA) is 21.3 Å². The van der Waals surface area contributed by atoms with Crippen LogP contribution in [0, 0.1) is 6.92 Å². The predicted octanol–water partition coefficient (Wildman–Crippen LogP) is 3.44. The molecule has 2 aromatic rings. The zero-order valence-corrected chi connectivity index (χ0v) is 9.31. The van der Waals surface area contributed by atoms with Gasteiger partial charge in [-0.3, -0.25) is 0 Å². The Labute approximate surface area is 95.9 Å². The molecule has 0 spiro atoms. The third kappa shape index (κ3) is 3.02. The SMILES string of the molecule is Cc1cccc(NCOc2ccccc2)c1. The van der Waals surface area contributed by atoms with Crippen molar-refractivity contribution in [3.63, 3.8) is 0 Å². The van der Waals surface area contributed by atoms with Crippen molar-refractivity contribution in [2.24, 2.45) is 0 Å². The fraction of sp³-hybridized carbons (Fsp3) is 0.143. The Balaban J connectivity index is 1.85. The molecule has 0 aromatic heterocycles. The molecule has 82 valence electrons. The zero-order valence-electron chi connectivity index (χ0n) is 9.31. The molecule has 2 heteroatoms. The summed E-state index contributed by atoms with van der Waals surface area (Å²) in [5.41, 5.74) is 2.32. The average Bonchev–Trinajstić information content (AvgIpc) is 2.30. The molecule has 0 fully saturated rings. The normalized spacial score (nSPS) is 9.81.